The van der Waals surface area contributed by atoms with Gasteiger partial charge in [0.25, 0.3) is 0 Å². The van der Waals surface area contributed by atoms with Crippen molar-refractivity contribution in [1.82, 2.24) is 25.6 Å². The summed E-state index contributed by atoms with van der Waals surface area (Å²) in [6.45, 7) is 6.65. The highest BCUT2D eigenvalue weighted by Crippen LogP contribution is 2.26. The number of hydrogen-bond acceptors (Lipinski definition) is 5. The number of aromatic nitrogens is 3. The largest absolute Gasteiger partial charge is 0.370 e. The van der Waals surface area contributed by atoms with E-state index in [9.17, 15) is 4.79 Å². The Kier molecular flexibility index (Phi) is 8.38. The molecule has 180 valence electrons. The van der Waals surface area contributed by atoms with Crippen LogP contribution in [-0.4, -0.2) is 34.0 Å². The lowest BCUT2D eigenvalue weighted by molar-refractivity contribution is -0.118. The highest BCUT2D eigenvalue weighted by Gasteiger charge is 2.08. The maximum absolute atomic E-state index is 10.9. The zero-order valence-electron chi connectivity index (χ0n) is 20.2. The SMILES string of the molecule is CC(=O)NCCNCc1ccc(-n2cc(COCc3cccc(-c4ccccc4)c3C)nn2)cc1. The lowest BCUT2D eigenvalue weighted by Crippen LogP contribution is -2.29. The Morgan fingerprint density at radius 3 is 2.51 bits per heavy atom. The summed E-state index contributed by atoms with van der Waals surface area (Å²) in [5.74, 6) is -0.0128. The topological polar surface area (TPSA) is 81.1 Å². The fourth-order valence-electron chi connectivity index (χ4n) is 3.85. The van der Waals surface area contributed by atoms with Gasteiger partial charge in [-0.15, -0.1) is 5.10 Å². The van der Waals surface area contributed by atoms with E-state index in [1.165, 1.54) is 29.2 Å². The standard InChI is InChI=1S/C28H31N5O2/c1-21-25(9-6-10-28(21)24-7-4-3-5-8-24)19-35-20-26-18-33(32-31-26)27-13-11-23(12-14-27)17-29-15-16-30-22(2)34/h3-14,18,29H,15-17,19-20H2,1-2H3,(H,30,34). The molecule has 0 aliphatic heterocycles. The molecule has 1 aromatic heterocycles. The van der Waals surface area contributed by atoms with Crippen LogP contribution in [0.25, 0.3) is 16.8 Å². The van der Waals surface area contributed by atoms with Crippen molar-refractivity contribution in [2.24, 2.45) is 0 Å². The van der Waals surface area contributed by atoms with Crippen molar-refractivity contribution >= 4 is 5.91 Å². The van der Waals surface area contributed by atoms with Crippen molar-refractivity contribution < 1.29 is 9.53 Å². The molecular weight excluding hydrogens is 438 g/mol. The third kappa shape index (κ3) is 6.85. The summed E-state index contributed by atoms with van der Waals surface area (Å²) in [7, 11) is 0. The number of nitrogens with one attached hydrogen (secondary N) is 2. The van der Waals surface area contributed by atoms with Crippen LogP contribution >= 0.6 is 0 Å². The van der Waals surface area contributed by atoms with Crippen LogP contribution in [0.2, 0.25) is 0 Å². The Labute approximate surface area is 206 Å². The van der Waals surface area contributed by atoms with Crippen LogP contribution in [-0.2, 0) is 29.3 Å². The van der Waals surface area contributed by atoms with Gasteiger partial charge in [0, 0.05) is 26.6 Å². The summed E-state index contributed by atoms with van der Waals surface area (Å²) >= 11 is 0. The number of ether oxygens (including phenoxy) is 1. The minimum Gasteiger partial charge on any atom is -0.370 e. The lowest BCUT2D eigenvalue weighted by Gasteiger charge is -2.11. The molecule has 1 amide bonds. The van der Waals surface area contributed by atoms with E-state index in [4.69, 9.17) is 4.74 Å². The zero-order valence-corrected chi connectivity index (χ0v) is 20.2. The number of benzene rings is 3. The van der Waals surface area contributed by atoms with E-state index in [1.807, 2.05) is 24.4 Å². The van der Waals surface area contributed by atoms with Crippen molar-refractivity contribution in [2.75, 3.05) is 13.1 Å². The molecule has 4 rings (SSSR count). The molecule has 3 aromatic carbocycles. The van der Waals surface area contributed by atoms with Gasteiger partial charge >= 0.3 is 0 Å². The van der Waals surface area contributed by atoms with Crippen LogP contribution < -0.4 is 10.6 Å². The summed E-state index contributed by atoms with van der Waals surface area (Å²) in [5, 5.41) is 14.6. The van der Waals surface area contributed by atoms with Gasteiger partial charge in [0.1, 0.15) is 5.69 Å². The van der Waals surface area contributed by atoms with Gasteiger partial charge in [0.2, 0.25) is 5.91 Å². The molecule has 1 heterocycles. The molecule has 0 fully saturated rings. The first-order valence-corrected chi connectivity index (χ1v) is 11.8. The van der Waals surface area contributed by atoms with Gasteiger partial charge in [-0.3, -0.25) is 4.79 Å². The van der Waals surface area contributed by atoms with Gasteiger partial charge < -0.3 is 15.4 Å². The normalized spacial score (nSPS) is 10.9. The Balaban J connectivity index is 1.28. The van der Waals surface area contributed by atoms with Crippen molar-refractivity contribution in [3.63, 3.8) is 0 Å². The molecule has 7 heteroatoms. The maximum atomic E-state index is 10.9. The molecule has 4 aromatic rings. The molecule has 0 saturated heterocycles. The van der Waals surface area contributed by atoms with Crippen LogP contribution in [0.1, 0.15) is 29.3 Å². The Morgan fingerprint density at radius 2 is 1.74 bits per heavy atom. The summed E-state index contributed by atoms with van der Waals surface area (Å²) in [6.07, 6.45) is 1.90. The first-order chi connectivity index (χ1) is 17.1. The molecule has 35 heavy (non-hydrogen) atoms. The molecule has 7 nitrogen and oxygen atoms in total. The molecular formula is C28H31N5O2. The molecule has 0 bridgehead atoms. The second-order valence-corrected chi connectivity index (χ2v) is 8.43. The van der Waals surface area contributed by atoms with Crippen molar-refractivity contribution in [1.29, 1.82) is 0 Å². The van der Waals surface area contributed by atoms with E-state index in [0.29, 0.717) is 19.8 Å². The summed E-state index contributed by atoms with van der Waals surface area (Å²) in [4.78, 5) is 10.9. The first-order valence-electron chi connectivity index (χ1n) is 11.8. The fraction of sp³-hybridized carbons (Fsp3) is 0.250. The predicted octanol–water partition coefficient (Wildman–Crippen LogP) is 4.19. The average molecular weight is 470 g/mol. The van der Waals surface area contributed by atoms with Crippen LogP contribution in [0.15, 0.2) is 79.0 Å². The highest BCUT2D eigenvalue weighted by atomic mass is 16.5. The van der Waals surface area contributed by atoms with Gasteiger partial charge in [0.05, 0.1) is 25.1 Å². The van der Waals surface area contributed by atoms with E-state index >= 15 is 0 Å². The molecule has 0 aliphatic rings. The van der Waals surface area contributed by atoms with Gasteiger partial charge in [0.15, 0.2) is 0 Å². The van der Waals surface area contributed by atoms with Crippen LogP contribution in [0.4, 0.5) is 0 Å². The van der Waals surface area contributed by atoms with Crippen molar-refractivity contribution in [2.45, 2.75) is 33.6 Å². The number of rotatable bonds is 11. The third-order valence-corrected chi connectivity index (χ3v) is 5.78. The number of amides is 1. The van der Waals surface area contributed by atoms with Gasteiger partial charge in [-0.05, 0) is 46.9 Å². The van der Waals surface area contributed by atoms with E-state index < -0.39 is 0 Å². The molecule has 0 saturated carbocycles. The van der Waals surface area contributed by atoms with Crippen molar-refractivity contribution in [3.05, 3.63) is 101 Å². The van der Waals surface area contributed by atoms with Crippen LogP contribution in [0.3, 0.4) is 0 Å². The van der Waals surface area contributed by atoms with Gasteiger partial charge in [-0.2, -0.15) is 0 Å². The van der Waals surface area contributed by atoms with E-state index in [0.717, 1.165) is 30.0 Å². The number of hydrogen-bond donors (Lipinski definition) is 2. The minimum atomic E-state index is -0.0128. The van der Waals surface area contributed by atoms with Crippen LogP contribution in [0.5, 0.6) is 0 Å². The summed E-state index contributed by atoms with van der Waals surface area (Å²) in [6, 6.07) is 24.9. The summed E-state index contributed by atoms with van der Waals surface area (Å²) in [5.41, 5.74) is 7.72. The van der Waals surface area contributed by atoms with E-state index in [1.54, 1.807) is 4.68 Å². The number of carbonyl (C=O) groups is 1. The smallest absolute Gasteiger partial charge is 0.216 e. The van der Waals surface area contributed by atoms with Gasteiger partial charge in [-0.1, -0.05) is 65.9 Å². The molecule has 0 atom stereocenters. The Hall–Kier alpha value is -3.81. The Bertz CT molecular complexity index is 1240. The predicted molar refractivity (Wildman–Crippen MR) is 137 cm³/mol. The van der Waals surface area contributed by atoms with Crippen LogP contribution in [0, 0.1) is 6.92 Å². The maximum Gasteiger partial charge on any atom is 0.216 e. The minimum absolute atomic E-state index is 0.0128. The molecule has 0 unspecified atom stereocenters. The summed E-state index contributed by atoms with van der Waals surface area (Å²) < 4.78 is 7.73. The number of nitrogens with zero attached hydrogens (tertiary/aromatic N) is 3. The van der Waals surface area contributed by atoms with Gasteiger partial charge in [-0.25, -0.2) is 4.68 Å². The van der Waals surface area contributed by atoms with Crippen molar-refractivity contribution in [3.8, 4) is 16.8 Å². The molecule has 2 N–H and O–H groups in total. The average Bonchev–Trinajstić information content (AvgIpc) is 3.34. The molecule has 0 aliphatic carbocycles. The third-order valence-electron chi connectivity index (χ3n) is 5.78. The first kappa shape index (κ1) is 24.3. The molecule has 0 radical (unpaired) electrons. The fourth-order valence-corrected chi connectivity index (χ4v) is 3.85. The highest BCUT2D eigenvalue weighted by molar-refractivity contribution is 5.72. The van der Waals surface area contributed by atoms with E-state index in [-0.39, 0.29) is 5.91 Å². The lowest BCUT2D eigenvalue weighted by atomic mass is 9.97. The Morgan fingerprint density at radius 1 is 0.943 bits per heavy atom. The van der Waals surface area contributed by atoms with E-state index in [2.05, 4.69) is 82.5 Å². The second-order valence-electron chi connectivity index (χ2n) is 8.43. The molecule has 0 spiro atoms. The number of carbonyl (C=O) groups excluding carboxylic acids is 1. The second kappa shape index (κ2) is 12.1. The monoisotopic (exact) mass is 469 g/mol. The quantitative estimate of drug-likeness (QED) is 0.322. The zero-order chi connectivity index (χ0) is 24.5.